The third kappa shape index (κ3) is 6.61. The standard InChI is InChI=1S/C15H30N4.HI/c1-19-10-8-13(9-11-19)12-17-15(16)18-14-6-4-2-3-5-7-14;/h13-14H,2-12H2,1H3,(H3,16,17,18);1H. The normalized spacial score (nSPS) is 23.9. The number of nitrogens with zero attached hydrogens (tertiary/aromatic N) is 2. The van der Waals surface area contributed by atoms with E-state index in [0.717, 1.165) is 12.5 Å². The summed E-state index contributed by atoms with van der Waals surface area (Å²) in [7, 11) is 2.20. The second-order valence-corrected chi connectivity index (χ2v) is 6.31. The molecule has 1 saturated heterocycles. The molecule has 0 radical (unpaired) electrons. The molecule has 0 spiro atoms. The van der Waals surface area contributed by atoms with Crippen molar-refractivity contribution in [2.24, 2.45) is 16.6 Å². The Kier molecular flexibility index (Phi) is 8.84. The summed E-state index contributed by atoms with van der Waals surface area (Å²) in [6, 6.07) is 0.559. The summed E-state index contributed by atoms with van der Waals surface area (Å²) in [5.41, 5.74) is 6.03. The molecule has 0 aromatic carbocycles. The highest BCUT2D eigenvalue weighted by atomic mass is 127. The van der Waals surface area contributed by atoms with Crippen molar-refractivity contribution in [1.29, 1.82) is 0 Å². The molecule has 2 fully saturated rings. The number of likely N-dealkylation sites (tertiary alicyclic amines) is 1. The third-order valence-electron chi connectivity index (χ3n) is 4.57. The fourth-order valence-corrected chi connectivity index (χ4v) is 3.15. The molecule has 5 heteroatoms. The third-order valence-corrected chi connectivity index (χ3v) is 4.57. The van der Waals surface area contributed by atoms with Crippen molar-refractivity contribution in [1.82, 2.24) is 10.2 Å². The van der Waals surface area contributed by atoms with E-state index in [1.807, 2.05) is 0 Å². The molecular formula is C15H31IN4. The van der Waals surface area contributed by atoms with Crippen LogP contribution in [0.25, 0.3) is 0 Å². The van der Waals surface area contributed by atoms with Crippen molar-refractivity contribution in [3.63, 3.8) is 0 Å². The van der Waals surface area contributed by atoms with E-state index in [-0.39, 0.29) is 24.0 Å². The number of nitrogens with two attached hydrogens (primary N) is 1. The summed E-state index contributed by atoms with van der Waals surface area (Å²) >= 11 is 0. The Hall–Kier alpha value is -0.0400. The molecule has 0 atom stereocenters. The van der Waals surface area contributed by atoms with Gasteiger partial charge in [0.05, 0.1) is 0 Å². The number of rotatable bonds is 3. The van der Waals surface area contributed by atoms with Gasteiger partial charge in [-0.3, -0.25) is 4.99 Å². The molecule has 0 amide bonds. The fraction of sp³-hybridized carbons (Fsp3) is 0.933. The van der Waals surface area contributed by atoms with Crippen molar-refractivity contribution in [2.75, 3.05) is 26.7 Å². The van der Waals surface area contributed by atoms with E-state index in [1.165, 1.54) is 64.5 Å². The maximum absolute atomic E-state index is 6.03. The zero-order valence-corrected chi connectivity index (χ0v) is 15.1. The predicted octanol–water partition coefficient (Wildman–Crippen LogP) is 2.57. The van der Waals surface area contributed by atoms with E-state index < -0.39 is 0 Å². The Morgan fingerprint density at radius 3 is 2.30 bits per heavy atom. The molecule has 0 bridgehead atoms. The molecule has 0 aromatic heterocycles. The number of hydrogen-bond donors (Lipinski definition) is 2. The van der Waals surface area contributed by atoms with Crippen LogP contribution in [0.15, 0.2) is 4.99 Å². The largest absolute Gasteiger partial charge is 0.370 e. The van der Waals surface area contributed by atoms with Crippen molar-refractivity contribution in [3.8, 4) is 0 Å². The average molecular weight is 394 g/mol. The maximum Gasteiger partial charge on any atom is 0.188 e. The van der Waals surface area contributed by atoms with Crippen LogP contribution < -0.4 is 11.1 Å². The van der Waals surface area contributed by atoms with Crippen LogP contribution in [0.2, 0.25) is 0 Å². The second-order valence-electron chi connectivity index (χ2n) is 6.31. The Balaban J connectivity index is 0.00000200. The predicted molar refractivity (Wildman–Crippen MR) is 96.8 cm³/mol. The molecule has 1 aliphatic carbocycles. The first-order valence-electron chi connectivity index (χ1n) is 7.99. The lowest BCUT2D eigenvalue weighted by molar-refractivity contribution is 0.223. The molecule has 2 rings (SSSR count). The minimum Gasteiger partial charge on any atom is -0.370 e. The summed E-state index contributed by atoms with van der Waals surface area (Å²) in [5, 5.41) is 3.42. The van der Waals surface area contributed by atoms with Crippen LogP contribution in [0.4, 0.5) is 0 Å². The molecule has 0 aromatic rings. The first-order valence-corrected chi connectivity index (χ1v) is 7.99. The molecule has 2 aliphatic rings. The van der Waals surface area contributed by atoms with Crippen LogP contribution in [0.5, 0.6) is 0 Å². The quantitative estimate of drug-likeness (QED) is 0.335. The van der Waals surface area contributed by atoms with Gasteiger partial charge in [0.15, 0.2) is 5.96 Å². The van der Waals surface area contributed by atoms with Gasteiger partial charge in [-0.1, -0.05) is 25.7 Å². The summed E-state index contributed by atoms with van der Waals surface area (Å²) in [6.45, 7) is 3.31. The molecule has 1 heterocycles. The first kappa shape index (κ1) is 18.0. The van der Waals surface area contributed by atoms with E-state index in [9.17, 15) is 0 Å². The molecule has 3 N–H and O–H groups in total. The molecule has 1 aliphatic heterocycles. The van der Waals surface area contributed by atoms with Crippen LogP contribution in [0, 0.1) is 5.92 Å². The van der Waals surface area contributed by atoms with Gasteiger partial charge in [0.1, 0.15) is 0 Å². The SMILES string of the molecule is CN1CCC(CN=C(N)NC2CCCCCC2)CC1.I. The maximum atomic E-state index is 6.03. The van der Waals surface area contributed by atoms with E-state index in [4.69, 9.17) is 5.73 Å². The van der Waals surface area contributed by atoms with Crippen LogP contribution in [-0.4, -0.2) is 43.6 Å². The van der Waals surface area contributed by atoms with E-state index in [2.05, 4.69) is 22.3 Å². The van der Waals surface area contributed by atoms with Gasteiger partial charge >= 0.3 is 0 Å². The number of hydrogen-bond acceptors (Lipinski definition) is 2. The molecular weight excluding hydrogens is 363 g/mol. The Labute approximate surface area is 141 Å². The Bertz CT molecular complexity index is 280. The van der Waals surface area contributed by atoms with Crippen LogP contribution >= 0.6 is 24.0 Å². The zero-order valence-electron chi connectivity index (χ0n) is 12.8. The van der Waals surface area contributed by atoms with Crippen LogP contribution in [0.1, 0.15) is 51.4 Å². The van der Waals surface area contributed by atoms with Crippen LogP contribution in [-0.2, 0) is 0 Å². The highest BCUT2D eigenvalue weighted by Gasteiger charge is 2.16. The number of piperidine rings is 1. The van der Waals surface area contributed by atoms with Gasteiger partial charge in [-0.05, 0) is 51.7 Å². The average Bonchev–Trinajstić information content (AvgIpc) is 2.67. The zero-order chi connectivity index (χ0) is 13.5. The molecule has 1 saturated carbocycles. The minimum atomic E-state index is 0. The highest BCUT2D eigenvalue weighted by molar-refractivity contribution is 14.0. The lowest BCUT2D eigenvalue weighted by Crippen LogP contribution is -2.40. The van der Waals surface area contributed by atoms with Crippen molar-refractivity contribution >= 4 is 29.9 Å². The van der Waals surface area contributed by atoms with Gasteiger partial charge in [-0.2, -0.15) is 0 Å². The Morgan fingerprint density at radius 2 is 1.70 bits per heavy atom. The first-order chi connectivity index (χ1) is 9.24. The number of nitrogens with one attached hydrogen (secondary N) is 1. The van der Waals surface area contributed by atoms with Gasteiger partial charge in [-0.25, -0.2) is 0 Å². The van der Waals surface area contributed by atoms with E-state index in [0.29, 0.717) is 12.0 Å². The number of halogens is 1. The van der Waals surface area contributed by atoms with Gasteiger partial charge in [0, 0.05) is 12.6 Å². The molecule has 118 valence electrons. The van der Waals surface area contributed by atoms with Gasteiger partial charge in [0.2, 0.25) is 0 Å². The number of aliphatic imine (C=N–C) groups is 1. The molecule has 4 nitrogen and oxygen atoms in total. The van der Waals surface area contributed by atoms with Gasteiger partial charge < -0.3 is 16.0 Å². The van der Waals surface area contributed by atoms with E-state index in [1.54, 1.807) is 0 Å². The second kappa shape index (κ2) is 9.82. The topological polar surface area (TPSA) is 53.6 Å². The summed E-state index contributed by atoms with van der Waals surface area (Å²) in [5.74, 6) is 1.40. The van der Waals surface area contributed by atoms with Gasteiger partial charge in [0.25, 0.3) is 0 Å². The summed E-state index contributed by atoms with van der Waals surface area (Å²) in [4.78, 5) is 6.96. The lowest BCUT2D eigenvalue weighted by atomic mass is 9.97. The Morgan fingerprint density at radius 1 is 1.10 bits per heavy atom. The molecule has 0 unspecified atom stereocenters. The fourth-order valence-electron chi connectivity index (χ4n) is 3.15. The van der Waals surface area contributed by atoms with Crippen molar-refractivity contribution in [2.45, 2.75) is 57.4 Å². The summed E-state index contributed by atoms with van der Waals surface area (Å²) in [6.07, 6.45) is 10.5. The minimum absolute atomic E-state index is 0. The van der Waals surface area contributed by atoms with Crippen molar-refractivity contribution in [3.05, 3.63) is 0 Å². The van der Waals surface area contributed by atoms with Gasteiger partial charge in [-0.15, -0.1) is 24.0 Å². The number of guanidine groups is 1. The van der Waals surface area contributed by atoms with Crippen LogP contribution in [0.3, 0.4) is 0 Å². The smallest absolute Gasteiger partial charge is 0.188 e. The summed E-state index contributed by atoms with van der Waals surface area (Å²) < 4.78 is 0. The highest BCUT2D eigenvalue weighted by Crippen LogP contribution is 2.18. The van der Waals surface area contributed by atoms with Crippen molar-refractivity contribution < 1.29 is 0 Å². The van der Waals surface area contributed by atoms with E-state index >= 15 is 0 Å². The lowest BCUT2D eigenvalue weighted by Gasteiger charge is -2.28. The monoisotopic (exact) mass is 394 g/mol. The molecule has 20 heavy (non-hydrogen) atoms.